The van der Waals surface area contributed by atoms with Gasteiger partial charge in [-0.15, -0.1) is 23.2 Å². The first-order valence-corrected chi connectivity index (χ1v) is 6.62. The Morgan fingerprint density at radius 2 is 1.94 bits per heavy atom. The van der Waals surface area contributed by atoms with E-state index in [9.17, 15) is 0 Å². The van der Waals surface area contributed by atoms with E-state index >= 15 is 0 Å². The minimum atomic E-state index is -0.252. The van der Waals surface area contributed by atoms with Crippen molar-refractivity contribution in [1.82, 2.24) is 5.32 Å². The molecule has 0 aliphatic heterocycles. The lowest BCUT2D eigenvalue weighted by atomic mass is 10.1. The predicted octanol–water partition coefficient (Wildman–Crippen LogP) is 3.33. The lowest BCUT2D eigenvalue weighted by Crippen LogP contribution is -2.45. The van der Waals surface area contributed by atoms with Gasteiger partial charge in [0.15, 0.2) is 0 Å². The third-order valence-corrected chi connectivity index (χ3v) is 3.91. The number of benzene rings is 1. The molecule has 1 N–H and O–H groups in total. The molecule has 0 aliphatic carbocycles. The highest BCUT2D eigenvalue weighted by Gasteiger charge is 2.21. The highest BCUT2D eigenvalue weighted by molar-refractivity contribution is 6.22. The van der Waals surface area contributed by atoms with Crippen LogP contribution in [0.1, 0.15) is 18.1 Å². The molecular formula is C13H19Cl2NO. The highest BCUT2D eigenvalue weighted by Crippen LogP contribution is 2.20. The van der Waals surface area contributed by atoms with Crippen molar-refractivity contribution in [2.45, 2.75) is 25.9 Å². The van der Waals surface area contributed by atoms with E-state index in [1.807, 2.05) is 19.1 Å². The van der Waals surface area contributed by atoms with Gasteiger partial charge in [0.2, 0.25) is 0 Å². The van der Waals surface area contributed by atoms with E-state index in [4.69, 9.17) is 27.9 Å². The molecule has 0 fully saturated rings. The van der Waals surface area contributed by atoms with Crippen LogP contribution < -0.4 is 10.1 Å². The fourth-order valence-electron chi connectivity index (χ4n) is 1.48. The number of hydrogen-bond acceptors (Lipinski definition) is 2. The predicted molar refractivity (Wildman–Crippen MR) is 74.4 cm³/mol. The van der Waals surface area contributed by atoms with E-state index in [-0.39, 0.29) is 5.54 Å². The first-order chi connectivity index (χ1) is 8.04. The lowest BCUT2D eigenvalue weighted by molar-refractivity contribution is 0.395. The van der Waals surface area contributed by atoms with Gasteiger partial charge >= 0.3 is 0 Å². The molecule has 96 valence electrons. The van der Waals surface area contributed by atoms with Crippen molar-refractivity contribution in [3.8, 4) is 5.75 Å². The van der Waals surface area contributed by atoms with Gasteiger partial charge in [-0.1, -0.05) is 17.7 Å². The Bertz CT molecular complexity index is 364. The minimum absolute atomic E-state index is 0.252. The van der Waals surface area contributed by atoms with Gasteiger partial charge in [0.25, 0.3) is 0 Å². The second-order valence-corrected chi connectivity index (χ2v) is 5.03. The molecule has 0 spiro atoms. The molecule has 0 unspecified atom stereocenters. The Morgan fingerprint density at radius 1 is 1.29 bits per heavy atom. The van der Waals surface area contributed by atoms with Crippen LogP contribution in [0.25, 0.3) is 0 Å². The Kier molecular flexibility index (Phi) is 5.57. The third-order valence-electron chi connectivity index (χ3n) is 2.73. The fourth-order valence-corrected chi connectivity index (χ4v) is 1.96. The van der Waals surface area contributed by atoms with E-state index in [1.165, 1.54) is 5.56 Å². The van der Waals surface area contributed by atoms with Gasteiger partial charge in [0.1, 0.15) is 5.75 Å². The van der Waals surface area contributed by atoms with E-state index in [1.54, 1.807) is 7.11 Å². The molecule has 0 radical (unpaired) electrons. The van der Waals surface area contributed by atoms with Crippen LogP contribution in [-0.4, -0.2) is 24.4 Å². The van der Waals surface area contributed by atoms with Gasteiger partial charge in [-0.3, -0.25) is 0 Å². The van der Waals surface area contributed by atoms with Gasteiger partial charge in [0.05, 0.1) is 7.11 Å². The van der Waals surface area contributed by atoms with Gasteiger partial charge in [-0.25, -0.2) is 0 Å². The van der Waals surface area contributed by atoms with Crippen LogP contribution in [0.4, 0.5) is 0 Å². The molecule has 1 aromatic rings. The summed E-state index contributed by atoms with van der Waals surface area (Å²) < 4.78 is 5.33. The number of aryl methyl sites for hydroxylation is 1. The Morgan fingerprint density at radius 3 is 2.47 bits per heavy atom. The molecule has 2 nitrogen and oxygen atoms in total. The Hall–Kier alpha value is -0.440. The molecule has 17 heavy (non-hydrogen) atoms. The number of rotatable bonds is 6. The van der Waals surface area contributed by atoms with Gasteiger partial charge in [-0.2, -0.15) is 0 Å². The molecule has 0 aliphatic rings. The molecular weight excluding hydrogens is 257 g/mol. The monoisotopic (exact) mass is 275 g/mol. The molecule has 1 aromatic carbocycles. The molecule has 0 bridgehead atoms. The molecule has 0 atom stereocenters. The van der Waals surface area contributed by atoms with Gasteiger partial charge in [-0.05, 0) is 19.9 Å². The number of ether oxygens (including phenoxy) is 1. The smallest absolute Gasteiger partial charge is 0.123 e. The molecule has 0 amide bonds. The number of halogens is 2. The van der Waals surface area contributed by atoms with E-state index in [0.717, 1.165) is 11.3 Å². The highest BCUT2D eigenvalue weighted by atomic mass is 35.5. The van der Waals surface area contributed by atoms with E-state index in [0.29, 0.717) is 18.3 Å². The largest absolute Gasteiger partial charge is 0.496 e. The summed E-state index contributed by atoms with van der Waals surface area (Å²) in [5.74, 6) is 1.84. The Balaban J connectivity index is 2.77. The van der Waals surface area contributed by atoms with Crippen molar-refractivity contribution in [1.29, 1.82) is 0 Å². The van der Waals surface area contributed by atoms with Crippen molar-refractivity contribution < 1.29 is 4.74 Å². The molecule has 0 saturated carbocycles. The zero-order valence-corrected chi connectivity index (χ0v) is 12.0. The lowest BCUT2D eigenvalue weighted by Gasteiger charge is -2.26. The van der Waals surface area contributed by atoms with Crippen molar-refractivity contribution in [2.75, 3.05) is 18.9 Å². The maximum atomic E-state index is 5.90. The molecule has 4 heteroatoms. The number of nitrogens with one attached hydrogen (secondary N) is 1. The standard InChI is InChI=1S/C13H19Cl2NO/c1-10-4-5-12(17-3)11(6-10)7-16-13(2,8-14)9-15/h4-6,16H,7-9H2,1-3H3. The van der Waals surface area contributed by atoms with Crippen molar-refractivity contribution in [3.63, 3.8) is 0 Å². The number of methoxy groups -OCH3 is 1. The summed E-state index contributed by atoms with van der Waals surface area (Å²) in [6.07, 6.45) is 0. The van der Waals surface area contributed by atoms with Crippen LogP contribution in [0, 0.1) is 6.92 Å². The average Bonchev–Trinajstić information content (AvgIpc) is 2.36. The maximum Gasteiger partial charge on any atom is 0.123 e. The zero-order chi connectivity index (χ0) is 12.9. The Labute approximate surface area is 113 Å². The summed E-state index contributed by atoms with van der Waals surface area (Å²) in [6, 6.07) is 6.12. The van der Waals surface area contributed by atoms with Crippen LogP contribution in [-0.2, 0) is 6.54 Å². The first kappa shape index (κ1) is 14.6. The molecule has 0 aromatic heterocycles. The molecule has 0 heterocycles. The van der Waals surface area contributed by atoms with Crippen molar-refractivity contribution in [3.05, 3.63) is 29.3 Å². The second-order valence-electron chi connectivity index (χ2n) is 4.50. The quantitative estimate of drug-likeness (QED) is 0.805. The number of hydrogen-bond donors (Lipinski definition) is 1. The van der Waals surface area contributed by atoms with Crippen LogP contribution in [0.3, 0.4) is 0 Å². The van der Waals surface area contributed by atoms with Crippen LogP contribution in [0.15, 0.2) is 18.2 Å². The topological polar surface area (TPSA) is 21.3 Å². The van der Waals surface area contributed by atoms with Gasteiger partial charge < -0.3 is 10.1 Å². The van der Waals surface area contributed by atoms with E-state index in [2.05, 4.69) is 18.3 Å². The summed E-state index contributed by atoms with van der Waals surface area (Å²) in [5, 5.41) is 3.37. The minimum Gasteiger partial charge on any atom is -0.496 e. The molecule has 0 saturated heterocycles. The fraction of sp³-hybridized carbons (Fsp3) is 0.538. The van der Waals surface area contributed by atoms with Crippen molar-refractivity contribution in [2.24, 2.45) is 0 Å². The summed E-state index contributed by atoms with van der Waals surface area (Å²) in [6.45, 7) is 4.77. The summed E-state index contributed by atoms with van der Waals surface area (Å²) in [4.78, 5) is 0. The van der Waals surface area contributed by atoms with Gasteiger partial charge in [0, 0.05) is 29.4 Å². The van der Waals surface area contributed by atoms with E-state index < -0.39 is 0 Å². The SMILES string of the molecule is COc1ccc(C)cc1CNC(C)(CCl)CCl. The summed E-state index contributed by atoms with van der Waals surface area (Å²) in [7, 11) is 1.68. The summed E-state index contributed by atoms with van der Waals surface area (Å²) in [5.41, 5.74) is 2.08. The maximum absolute atomic E-state index is 5.90. The average molecular weight is 276 g/mol. The second kappa shape index (κ2) is 6.48. The van der Waals surface area contributed by atoms with Crippen LogP contribution >= 0.6 is 23.2 Å². The summed E-state index contributed by atoms with van der Waals surface area (Å²) >= 11 is 11.8. The number of alkyl halides is 2. The third kappa shape index (κ3) is 4.06. The van der Waals surface area contributed by atoms with Crippen LogP contribution in [0.2, 0.25) is 0 Å². The van der Waals surface area contributed by atoms with Crippen molar-refractivity contribution >= 4 is 23.2 Å². The first-order valence-electron chi connectivity index (χ1n) is 5.55. The normalized spacial score (nSPS) is 11.6. The molecule has 1 rings (SSSR count). The van der Waals surface area contributed by atoms with Crippen LogP contribution in [0.5, 0.6) is 5.75 Å². The zero-order valence-electron chi connectivity index (χ0n) is 10.5.